The molecule has 7 heteroatoms. The van der Waals surface area contributed by atoms with Gasteiger partial charge in [-0.2, -0.15) is 0 Å². The number of anilines is 1. The highest BCUT2D eigenvalue weighted by molar-refractivity contribution is 5.76. The molecule has 6 nitrogen and oxygen atoms in total. The molecule has 3 heterocycles. The molecule has 0 atom stereocenters. The maximum atomic E-state index is 13.7. The lowest BCUT2D eigenvalue weighted by Crippen LogP contribution is -2.49. The van der Waals surface area contributed by atoms with Gasteiger partial charge in [-0.15, -0.1) is 0 Å². The average Bonchev–Trinajstić information content (AvgIpc) is 3.29. The number of carbonyl (C=O) groups excluding carboxylic acids is 1. The lowest BCUT2D eigenvalue weighted by atomic mass is 10.1. The van der Waals surface area contributed by atoms with Gasteiger partial charge in [0.15, 0.2) is 0 Å². The summed E-state index contributed by atoms with van der Waals surface area (Å²) >= 11 is 0. The zero-order valence-corrected chi connectivity index (χ0v) is 20.9. The number of H-pyrrole nitrogens is 1. The summed E-state index contributed by atoms with van der Waals surface area (Å²) in [5.41, 5.74) is 3.69. The van der Waals surface area contributed by atoms with Crippen molar-refractivity contribution in [2.45, 2.75) is 58.8 Å². The molecule has 2 aromatic heterocycles. The van der Waals surface area contributed by atoms with Gasteiger partial charge in [-0.25, -0.2) is 14.4 Å². The number of aryl methyl sites for hydroxylation is 3. The number of halogens is 1. The van der Waals surface area contributed by atoms with Crippen LogP contribution in [0.4, 0.5) is 10.2 Å². The second-order valence-corrected chi connectivity index (χ2v) is 9.34. The molecule has 1 aliphatic heterocycles. The van der Waals surface area contributed by atoms with Gasteiger partial charge in [0.25, 0.3) is 0 Å². The summed E-state index contributed by atoms with van der Waals surface area (Å²) in [6.07, 6.45) is 8.24. The van der Waals surface area contributed by atoms with Crippen LogP contribution in [0.25, 0.3) is 11.4 Å². The monoisotopic (exact) mass is 477 g/mol. The van der Waals surface area contributed by atoms with Crippen molar-refractivity contribution in [3.8, 4) is 11.4 Å². The third kappa shape index (κ3) is 6.47. The number of rotatable bonds is 10. The SMILES string of the molecule is CCCCCc1nc(-c2ccc(F)c(C)c2)[nH]c1CCCC(=O)N1CCN(c2ccccn2)CC1. The van der Waals surface area contributed by atoms with Crippen LogP contribution in [0.1, 0.15) is 56.0 Å². The van der Waals surface area contributed by atoms with E-state index in [0.29, 0.717) is 12.0 Å². The molecule has 0 radical (unpaired) electrons. The van der Waals surface area contributed by atoms with Gasteiger partial charge in [0, 0.05) is 50.1 Å². The molecule has 0 saturated carbocycles. The van der Waals surface area contributed by atoms with Crippen LogP contribution in [0.2, 0.25) is 0 Å². The van der Waals surface area contributed by atoms with Crippen molar-refractivity contribution in [2.75, 3.05) is 31.1 Å². The Bertz CT molecular complexity index is 1110. The fourth-order valence-electron chi connectivity index (χ4n) is 4.63. The average molecular weight is 478 g/mol. The molecule has 1 saturated heterocycles. The Balaban J connectivity index is 1.33. The molecule has 1 amide bonds. The highest BCUT2D eigenvalue weighted by Gasteiger charge is 2.22. The van der Waals surface area contributed by atoms with E-state index in [4.69, 9.17) is 4.98 Å². The van der Waals surface area contributed by atoms with Crippen molar-refractivity contribution >= 4 is 11.7 Å². The number of pyridine rings is 1. The lowest BCUT2D eigenvalue weighted by molar-refractivity contribution is -0.131. The van der Waals surface area contributed by atoms with Crippen LogP contribution in [-0.2, 0) is 17.6 Å². The number of amides is 1. The van der Waals surface area contributed by atoms with Gasteiger partial charge in [0.1, 0.15) is 17.5 Å². The zero-order chi connectivity index (χ0) is 24.6. The maximum absolute atomic E-state index is 13.7. The van der Waals surface area contributed by atoms with E-state index in [1.165, 1.54) is 12.5 Å². The number of hydrogen-bond acceptors (Lipinski definition) is 4. The van der Waals surface area contributed by atoms with Gasteiger partial charge in [0.2, 0.25) is 5.91 Å². The third-order valence-electron chi connectivity index (χ3n) is 6.74. The first kappa shape index (κ1) is 24.9. The quantitative estimate of drug-likeness (QED) is 0.401. The minimum Gasteiger partial charge on any atom is -0.353 e. The summed E-state index contributed by atoms with van der Waals surface area (Å²) in [7, 11) is 0. The molecule has 3 aromatic rings. The van der Waals surface area contributed by atoms with E-state index in [1.54, 1.807) is 13.0 Å². The van der Waals surface area contributed by atoms with E-state index in [9.17, 15) is 9.18 Å². The molecule has 1 fully saturated rings. The first-order valence-corrected chi connectivity index (χ1v) is 12.8. The van der Waals surface area contributed by atoms with Crippen molar-refractivity contribution in [1.29, 1.82) is 0 Å². The molecular formula is C28H36FN5O. The summed E-state index contributed by atoms with van der Waals surface area (Å²) < 4.78 is 13.7. The number of aromatic nitrogens is 3. The Morgan fingerprint density at radius 2 is 1.89 bits per heavy atom. The standard InChI is InChI=1S/C28H36FN5O/c1-3-4-5-9-24-25(32-28(31-24)22-13-14-23(29)21(2)20-22)10-8-12-27(35)34-18-16-33(17-19-34)26-11-6-7-15-30-26/h6-7,11,13-15,20H,3-5,8-10,12,16-19H2,1-2H3,(H,31,32). The first-order chi connectivity index (χ1) is 17.0. The lowest BCUT2D eigenvalue weighted by Gasteiger charge is -2.35. The fourth-order valence-corrected chi connectivity index (χ4v) is 4.63. The van der Waals surface area contributed by atoms with Crippen LogP contribution >= 0.6 is 0 Å². The van der Waals surface area contributed by atoms with Crippen LogP contribution in [0.5, 0.6) is 0 Å². The minimum absolute atomic E-state index is 0.205. The molecule has 0 aliphatic carbocycles. The van der Waals surface area contributed by atoms with E-state index in [-0.39, 0.29) is 11.7 Å². The molecule has 0 spiro atoms. The van der Waals surface area contributed by atoms with Crippen LogP contribution in [0.15, 0.2) is 42.6 Å². The number of hydrogen-bond donors (Lipinski definition) is 1. The third-order valence-corrected chi connectivity index (χ3v) is 6.74. The topological polar surface area (TPSA) is 65.1 Å². The van der Waals surface area contributed by atoms with Crippen molar-refractivity contribution in [3.05, 3.63) is 65.4 Å². The van der Waals surface area contributed by atoms with Crippen LogP contribution < -0.4 is 4.90 Å². The number of piperazine rings is 1. The predicted molar refractivity (Wildman–Crippen MR) is 138 cm³/mol. The Kier molecular flexibility index (Phi) is 8.50. The van der Waals surface area contributed by atoms with Crippen molar-refractivity contribution < 1.29 is 9.18 Å². The first-order valence-electron chi connectivity index (χ1n) is 12.8. The number of nitrogens with one attached hydrogen (secondary N) is 1. The number of benzene rings is 1. The second-order valence-electron chi connectivity index (χ2n) is 9.34. The maximum Gasteiger partial charge on any atom is 0.222 e. The summed E-state index contributed by atoms with van der Waals surface area (Å²) in [6, 6.07) is 11.0. The summed E-state index contributed by atoms with van der Waals surface area (Å²) in [5.74, 6) is 1.77. The van der Waals surface area contributed by atoms with Gasteiger partial charge >= 0.3 is 0 Å². The second kappa shape index (κ2) is 12.0. The molecule has 0 unspecified atom stereocenters. The molecular weight excluding hydrogens is 441 g/mol. The van der Waals surface area contributed by atoms with Gasteiger partial charge in [0.05, 0.1) is 5.69 Å². The largest absolute Gasteiger partial charge is 0.353 e. The molecule has 0 bridgehead atoms. The smallest absolute Gasteiger partial charge is 0.222 e. The Hall–Kier alpha value is -3.22. The number of unbranched alkanes of at least 4 members (excludes halogenated alkanes) is 2. The van der Waals surface area contributed by atoms with Crippen LogP contribution in [0.3, 0.4) is 0 Å². The van der Waals surface area contributed by atoms with E-state index in [2.05, 4.69) is 21.8 Å². The Labute approximate surface area is 207 Å². The molecule has 35 heavy (non-hydrogen) atoms. The molecule has 4 rings (SSSR count). The molecule has 1 N–H and O–H groups in total. The van der Waals surface area contributed by atoms with Crippen molar-refractivity contribution in [1.82, 2.24) is 19.9 Å². The molecule has 1 aromatic carbocycles. The summed E-state index contributed by atoms with van der Waals surface area (Å²) in [4.78, 5) is 29.8. The van der Waals surface area contributed by atoms with E-state index in [0.717, 1.165) is 86.9 Å². The fraction of sp³-hybridized carbons (Fsp3) is 0.464. The van der Waals surface area contributed by atoms with E-state index >= 15 is 0 Å². The summed E-state index contributed by atoms with van der Waals surface area (Å²) in [6.45, 7) is 7.05. The van der Waals surface area contributed by atoms with Crippen LogP contribution in [-0.4, -0.2) is 51.9 Å². The highest BCUT2D eigenvalue weighted by atomic mass is 19.1. The Morgan fingerprint density at radius 1 is 1.06 bits per heavy atom. The van der Waals surface area contributed by atoms with Gasteiger partial charge in [-0.05, 0) is 68.5 Å². The number of aromatic amines is 1. The predicted octanol–water partition coefficient (Wildman–Crippen LogP) is 5.32. The van der Waals surface area contributed by atoms with Gasteiger partial charge in [-0.1, -0.05) is 25.8 Å². The summed E-state index contributed by atoms with van der Waals surface area (Å²) in [5, 5.41) is 0. The number of imidazole rings is 1. The van der Waals surface area contributed by atoms with Crippen LogP contribution in [0, 0.1) is 12.7 Å². The van der Waals surface area contributed by atoms with Crippen molar-refractivity contribution in [3.63, 3.8) is 0 Å². The van der Waals surface area contributed by atoms with E-state index in [1.807, 2.05) is 35.4 Å². The number of nitrogens with zero attached hydrogens (tertiary/aromatic N) is 4. The Morgan fingerprint density at radius 3 is 2.60 bits per heavy atom. The molecule has 1 aliphatic rings. The van der Waals surface area contributed by atoms with Gasteiger partial charge in [-0.3, -0.25) is 4.79 Å². The minimum atomic E-state index is -0.205. The normalized spacial score (nSPS) is 13.9. The van der Waals surface area contributed by atoms with Crippen molar-refractivity contribution in [2.24, 2.45) is 0 Å². The van der Waals surface area contributed by atoms with Gasteiger partial charge < -0.3 is 14.8 Å². The molecule has 186 valence electrons. The highest BCUT2D eigenvalue weighted by Crippen LogP contribution is 2.23. The zero-order valence-electron chi connectivity index (χ0n) is 20.9. The number of carbonyl (C=O) groups is 1. The van der Waals surface area contributed by atoms with E-state index < -0.39 is 0 Å².